The van der Waals surface area contributed by atoms with Crippen LogP contribution in [-0.4, -0.2) is 8.42 Å². The summed E-state index contributed by atoms with van der Waals surface area (Å²) in [5.41, 5.74) is 5.67. The van der Waals surface area contributed by atoms with Crippen LogP contribution in [0.3, 0.4) is 0 Å². The second-order valence-electron chi connectivity index (χ2n) is 2.25. The Bertz CT molecular complexity index is 425. The van der Waals surface area contributed by atoms with E-state index in [1.54, 1.807) is 6.07 Å². The van der Waals surface area contributed by atoms with Gasteiger partial charge < -0.3 is 14.1 Å². The van der Waals surface area contributed by atoms with E-state index >= 15 is 0 Å². The van der Waals surface area contributed by atoms with Crippen molar-refractivity contribution >= 4 is 16.1 Å². The van der Waals surface area contributed by atoms with E-state index in [4.69, 9.17) is 5.73 Å². The first kappa shape index (κ1) is 7.23. The normalized spacial score (nSPS) is 17.7. The molecule has 1 aliphatic rings. The standard InChI is InChI=1S/C6H5NO4S/c7-4-2-1-3-5-6(4)11-12(8,9)10-5/h1-3H,7H2. The summed E-state index contributed by atoms with van der Waals surface area (Å²) in [4.78, 5) is 0. The number of nitrogen functional groups attached to an aromatic ring is 1. The average Bonchev–Trinajstić information content (AvgIpc) is 2.25. The third-order valence-corrected chi connectivity index (χ3v) is 2.14. The van der Waals surface area contributed by atoms with Crippen LogP contribution < -0.4 is 14.1 Å². The van der Waals surface area contributed by atoms with Crippen molar-refractivity contribution < 1.29 is 16.8 Å². The fourth-order valence-electron chi connectivity index (χ4n) is 0.917. The van der Waals surface area contributed by atoms with Crippen LogP contribution in [0.15, 0.2) is 18.2 Å². The molecule has 0 saturated carbocycles. The van der Waals surface area contributed by atoms with Gasteiger partial charge in [-0.25, -0.2) is 0 Å². The number of nitrogens with two attached hydrogens (primary N) is 1. The molecule has 0 atom stereocenters. The lowest BCUT2D eigenvalue weighted by atomic mass is 10.3. The Morgan fingerprint density at radius 2 is 2.00 bits per heavy atom. The minimum atomic E-state index is -3.91. The second kappa shape index (κ2) is 2.04. The van der Waals surface area contributed by atoms with Crippen LogP contribution in [0.5, 0.6) is 11.5 Å². The van der Waals surface area contributed by atoms with E-state index in [-0.39, 0.29) is 17.2 Å². The number of hydrogen-bond acceptors (Lipinski definition) is 5. The van der Waals surface area contributed by atoms with Crippen LogP contribution in [0, 0.1) is 0 Å². The molecule has 5 nitrogen and oxygen atoms in total. The smallest absolute Gasteiger partial charge is 0.396 e. The molecule has 0 spiro atoms. The molecule has 0 amide bonds. The lowest BCUT2D eigenvalue weighted by Crippen LogP contribution is -2.08. The van der Waals surface area contributed by atoms with Crippen molar-refractivity contribution in [2.45, 2.75) is 0 Å². The van der Waals surface area contributed by atoms with Gasteiger partial charge in [-0.15, -0.1) is 8.42 Å². The lowest BCUT2D eigenvalue weighted by Gasteiger charge is -1.94. The molecule has 0 radical (unpaired) electrons. The Hall–Kier alpha value is -1.43. The third kappa shape index (κ3) is 0.964. The van der Waals surface area contributed by atoms with Gasteiger partial charge in [0.2, 0.25) is 5.75 Å². The van der Waals surface area contributed by atoms with Crippen LogP contribution >= 0.6 is 0 Å². The highest BCUT2D eigenvalue weighted by atomic mass is 32.3. The SMILES string of the molecule is Nc1cccc2c1OS(=O)(=O)O2. The summed E-state index contributed by atoms with van der Waals surface area (Å²) in [6.07, 6.45) is 0. The summed E-state index contributed by atoms with van der Waals surface area (Å²) in [6, 6.07) is 4.58. The van der Waals surface area contributed by atoms with Crippen LogP contribution in [0.4, 0.5) is 5.69 Å². The van der Waals surface area contributed by atoms with Crippen molar-refractivity contribution in [1.82, 2.24) is 0 Å². The molecule has 0 aliphatic carbocycles. The van der Waals surface area contributed by atoms with E-state index in [0.29, 0.717) is 0 Å². The Kier molecular flexibility index (Phi) is 1.23. The second-order valence-corrected chi connectivity index (χ2v) is 3.40. The number of benzene rings is 1. The van der Waals surface area contributed by atoms with Gasteiger partial charge in [0.15, 0.2) is 5.75 Å². The van der Waals surface area contributed by atoms with Crippen molar-refractivity contribution in [3.8, 4) is 11.5 Å². The Balaban J connectivity index is 2.63. The molecule has 1 aromatic rings. The molecule has 0 unspecified atom stereocenters. The van der Waals surface area contributed by atoms with E-state index in [2.05, 4.69) is 8.37 Å². The third-order valence-electron chi connectivity index (χ3n) is 1.39. The summed E-state index contributed by atoms with van der Waals surface area (Å²) in [6.45, 7) is 0. The van der Waals surface area contributed by atoms with Crippen LogP contribution in [0.2, 0.25) is 0 Å². The zero-order chi connectivity index (χ0) is 8.77. The lowest BCUT2D eigenvalue weighted by molar-refractivity contribution is 0.437. The molecule has 64 valence electrons. The van der Waals surface area contributed by atoms with Gasteiger partial charge in [-0.05, 0) is 12.1 Å². The van der Waals surface area contributed by atoms with E-state index in [1.165, 1.54) is 12.1 Å². The first-order valence-corrected chi connectivity index (χ1v) is 4.44. The molecule has 12 heavy (non-hydrogen) atoms. The monoisotopic (exact) mass is 187 g/mol. The first-order chi connectivity index (χ1) is 5.58. The number of hydrogen-bond donors (Lipinski definition) is 1. The highest BCUT2D eigenvalue weighted by Crippen LogP contribution is 2.39. The molecule has 0 saturated heterocycles. The summed E-state index contributed by atoms with van der Waals surface area (Å²) in [7, 11) is -3.91. The zero-order valence-corrected chi connectivity index (χ0v) is 6.67. The van der Waals surface area contributed by atoms with Crippen LogP contribution in [0.25, 0.3) is 0 Å². The molecule has 1 heterocycles. The van der Waals surface area contributed by atoms with Crippen molar-refractivity contribution in [2.75, 3.05) is 5.73 Å². The molecule has 2 N–H and O–H groups in total. The van der Waals surface area contributed by atoms with Crippen LogP contribution in [-0.2, 0) is 10.4 Å². The molecule has 1 aliphatic heterocycles. The average molecular weight is 187 g/mol. The molecule has 0 aromatic heterocycles. The number of fused-ring (bicyclic) bond motifs is 1. The predicted octanol–water partition coefficient (Wildman–Crippen LogP) is 0.285. The Morgan fingerprint density at radius 3 is 2.67 bits per heavy atom. The molecular weight excluding hydrogens is 182 g/mol. The van der Waals surface area contributed by atoms with Gasteiger partial charge in [-0.2, -0.15) is 0 Å². The maximum Gasteiger partial charge on any atom is 0.501 e. The summed E-state index contributed by atoms with van der Waals surface area (Å²) in [5.74, 6) is 0.201. The van der Waals surface area contributed by atoms with Crippen molar-refractivity contribution in [3.05, 3.63) is 18.2 Å². The minimum Gasteiger partial charge on any atom is -0.396 e. The van der Waals surface area contributed by atoms with Crippen LogP contribution in [0.1, 0.15) is 0 Å². The highest BCUT2D eigenvalue weighted by Gasteiger charge is 2.29. The molecule has 0 fully saturated rings. The summed E-state index contributed by atoms with van der Waals surface area (Å²) in [5, 5.41) is 0. The first-order valence-electron chi connectivity index (χ1n) is 3.11. The van der Waals surface area contributed by atoms with E-state index in [1.807, 2.05) is 0 Å². The number of para-hydroxylation sites is 1. The molecule has 2 rings (SSSR count). The van der Waals surface area contributed by atoms with Gasteiger partial charge in [0, 0.05) is 0 Å². The minimum absolute atomic E-state index is 0.0671. The van der Waals surface area contributed by atoms with Crippen molar-refractivity contribution in [2.24, 2.45) is 0 Å². The molecule has 1 aromatic carbocycles. The quantitative estimate of drug-likeness (QED) is 0.590. The zero-order valence-electron chi connectivity index (χ0n) is 5.85. The highest BCUT2D eigenvalue weighted by molar-refractivity contribution is 7.82. The Labute approximate surface area is 69.0 Å². The maximum atomic E-state index is 10.7. The van der Waals surface area contributed by atoms with Gasteiger partial charge in [-0.3, -0.25) is 0 Å². The molecule has 6 heteroatoms. The van der Waals surface area contributed by atoms with Crippen molar-refractivity contribution in [3.63, 3.8) is 0 Å². The molecule has 0 bridgehead atoms. The van der Waals surface area contributed by atoms with Crippen molar-refractivity contribution in [1.29, 1.82) is 0 Å². The van der Waals surface area contributed by atoms with Gasteiger partial charge >= 0.3 is 10.4 Å². The number of rotatable bonds is 0. The van der Waals surface area contributed by atoms with Gasteiger partial charge in [0.25, 0.3) is 0 Å². The number of anilines is 1. The maximum absolute atomic E-state index is 10.7. The fourth-order valence-corrected chi connectivity index (χ4v) is 1.68. The summed E-state index contributed by atoms with van der Waals surface area (Å²) < 4.78 is 30.4. The van der Waals surface area contributed by atoms with Gasteiger partial charge in [0.1, 0.15) is 0 Å². The van der Waals surface area contributed by atoms with Gasteiger partial charge in [-0.1, -0.05) is 6.07 Å². The topological polar surface area (TPSA) is 78.6 Å². The van der Waals surface area contributed by atoms with E-state index < -0.39 is 10.4 Å². The Morgan fingerprint density at radius 1 is 1.25 bits per heavy atom. The van der Waals surface area contributed by atoms with E-state index in [9.17, 15) is 8.42 Å². The predicted molar refractivity (Wildman–Crippen MR) is 41.0 cm³/mol. The molecular formula is C6H5NO4S. The summed E-state index contributed by atoms with van der Waals surface area (Å²) >= 11 is 0. The largest absolute Gasteiger partial charge is 0.501 e. The van der Waals surface area contributed by atoms with Gasteiger partial charge in [0.05, 0.1) is 5.69 Å². The fraction of sp³-hybridized carbons (Fsp3) is 0. The van der Waals surface area contributed by atoms with E-state index in [0.717, 1.165) is 0 Å².